The monoisotopic (exact) mass is 429 g/mol. The number of amides is 1. The molecule has 1 aromatic carbocycles. The molecule has 6 nitrogen and oxygen atoms in total. The van der Waals surface area contributed by atoms with Gasteiger partial charge in [0.25, 0.3) is 0 Å². The summed E-state index contributed by atoms with van der Waals surface area (Å²) in [4.78, 5) is 19.4. The van der Waals surface area contributed by atoms with Crippen LogP contribution in [0.5, 0.6) is 0 Å². The minimum absolute atomic E-state index is 0.0570. The van der Waals surface area contributed by atoms with Crippen molar-refractivity contribution in [3.05, 3.63) is 35.1 Å². The predicted molar refractivity (Wildman–Crippen MR) is 118 cm³/mol. The maximum Gasteiger partial charge on any atom is 0.233 e. The van der Waals surface area contributed by atoms with Gasteiger partial charge in [-0.05, 0) is 38.8 Å². The highest BCUT2D eigenvalue weighted by atomic mass is 32.2. The summed E-state index contributed by atoms with van der Waals surface area (Å²) in [5, 5.41) is 10.5. The summed E-state index contributed by atoms with van der Waals surface area (Å²) >= 11 is 3.15. The molecule has 154 valence electrons. The van der Waals surface area contributed by atoms with Crippen LogP contribution in [0.4, 0.5) is 0 Å². The van der Waals surface area contributed by atoms with E-state index in [4.69, 9.17) is 4.98 Å². The molecular weight excluding hydrogens is 402 g/mol. The van der Waals surface area contributed by atoms with Crippen LogP contribution in [0.15, 0.2) is 29.4 Å². The molecule has 0 aliphatic heterocycles. The SMILES string of the molecule is Cc1nnc(SCC(=O)N(C)[C@H](C)c2nc3ccccc3s2)n1C1CCCCC1. The molecule has 0 saturated heterocycles. The Labute approximate surface area is 179 Å². The molecule has 1 atom stereocenters. The number of thiazole rings is 1. The topological polar surface area (TPSA) is 63.9 Å². The Morgan fingerprint density at radius 3 is 2.79 bits per heavy atom. The van der Waals surface area contributed by atoms with E-state index in [1.165, 1.54) is 43.9 Å². The molecule has 8 heteroatoms. The largest absolute Gasteiger partial charge is 0.336 e. The van der Waals surface area contributed by atoms with Crippen molar-refractivity contribution in [2.75, 3.05) is 12.8 Å². The molecular formula is C21H27N5OS2. The zero-order valence-corrected chi connectivity index (χ0v) is 18.8. The number of carbonyl (C=O) groups excluding carboxylic acids is 1. The Morgan fingerprint density at radius 1 is 1.28 bits per heavy atom. The van der Waals surface area contributed by atoms with Gasteiger partial charge in [0, 0.05) is 13.1 Å². The van der Waals surface area contributed by atoms with Crippen molar-refractivity contribution in [2.24, 2.45) is 0 Å². The number of benzene rings is 1. The van der Waals surface area contributed by atoms with Crippen molar-refractivity contribution in [2.45, 2.75) is 63.2 Å². The Hall–Kier alpha value is -1.93. The minimum atomic E-state index is -0.0570. The third-order valence-corrected chi connectivity index (χ3v) is 7.88. The van der Waals surface area contributed by atoms with Gasteiger partial charge < -0.3 is 9.47 Å². The van der Waals surface area contributed by atoms with Crippen molar-refractivity contribution in [1.82, 2.24) is 24.6 Å². The number of thioether (sulfide) groups is 1. The number of rotatable bonds is 6. The number of para-hydroxylation sites is 1. The third-order valence-electron chi connectivity index (χ3n) is 5.74. The van der Waals surface area contributed by atoms with Crippen LogP contribution in [0.2, 0.25) is 0 Å². The molecule has 0 N–H and O–H groups in total. The van der Waals surface area contributed by atoms with Crippen molar-refractivity contribution in [3.63, 3.8) is 0 Å². The van der Waals surface area contributed by atoms with Gasteiger partial charge in [-0.2, -0.15) is 0 Å². The van der Waals surface area contributed by atoms with Crippen LogP contribution in [0.1, 0.15) is 61.9 Å². The van der Waals surface area contributed by atoms with Crippen LogP contribution in [0, 0.1) is 6.92 Å². The minimum Gasteiger partial charge on any atom is -0.336 e. The fourth-order valence-corrected chi connectivity index (χ4v) is 5.92. The quantitative estimate of drug-likeness (QED) is 0.515. The van der Waals surface area contributed by atoms with Crippen LogP contribution in [-0.2, 0) is 4.79 Å². The first-order chi connectivity index (χ1) is 14.0. The van der Waals surface area contributed by atoms with E-state index in [1.807, 2.05) is 39.1 Å². The molecule has 1 amide bonds. The molecule has 1 aliphatic rings. The zero-order valence-electron chi connectivity index (χ0n) is 17.2. The Bertz CT molecular complexity index is 959. The van der Waals surface area contributed by atoms with Gasteiger partial charge in [0.2, 0.25) is 5.91 Å². The van der Waals surface area contributed by atoms with Gasteiger partial charge in [-0.25, -0.2) is 4.98 Å². The van der Waals surface area contributed by atoms with E-state index in [0.717, 1.165) is 26.2 Å². The molecule has 4 rings (SSSR count). The normalized spacial score (nSPS) is 16.2. The summed E-state index contributed by atoms with van der Waals surface area (Å²) in [5.41, 5.74) is 0.991. The van der Waals surface area contributed by atoms with Gasteiger partial charge in [0.15, 0.2) is 5.16 Å². The number of nitrogens with zero attached hydrogens (tertiary/aromatic N) is 5. The van der Waals surface area contributed by atoms with Crippen molar-refractivity contribution in [3.8, 4) is 0 Å². The van der Waals surface area contributed by atoms with Crippen LogP contribution in [0.3, 0.4) is 0 Å². The summed E-state index contributed by atoms with van der Waals surface area (Å²) < 4.78 is 3.40. The average Bonchev–Trinajstić information content (AvgIpc) is 3.34. The fraction of sp³-hybridized carbons (Fsp3) is 0.524. The maximum atomic E-state index is 12.9. The standard InChI is InChI=1S/C21H27N5OS2/c1-14(20-22-17-11-7-8-12-18(17)29-20)25(3)19(27)13-28-21-24-23-15(2)26(21)16-9-5-4-6-10-16/h7-8,11-12,14,16H,4-6,9-10,13H2,1-3H3/t14-/m1/s1. The Kier molecular flexibility index (Phi) is 6.20. The van der Waals surface area contributed by atoms with E-state index in [1.54, 1.807) is 16.2 Å². The second kappa shape index (κ2) is 8.83. The number of fused-ring (bicyclic) bond motifs is 1. The van der Waals surface area contributed by atoms with Gasteiger partial charge in [-0.15, -0.1) is 21.5 Å². The number of hydrogen-bond donors (Lipinski definition) is 0. The molecule has 0 spiro atoms. The Morgan fingerprint density at radius 2 is 2.03 bits per heavy atom. The molecule has 1 aliphatic carbocycles. The third kappa shape index (κ3) is 4.33. The molecule has 0 radical (unpaired) electrons. The summed E-state index contributed by atoms with van der Waals surface area (Å²) in [6.07, 6.45) is 6.18. The van der Waals surface area contributed by atoms with E-state index in [9.17, 15) is 4.79 Å². The smallest absolute Gasteiger partial charge is 0.233 e. The highest BCUT2D eigenvalue weighted by Crippen LogP contribution is 2.33. The van der Waals surface area contributed by atoms with Crippen LogP contribution >= 0.6 is 23.1 Å². The lowest BCUT2D eigenvalue weighted by molar-refractivity contribution is -0.128. The van der Waals surface area contributed by atoms with Crippen LogP contribution in [0.25, 0.3) is 10.2 Å². The number of carbonyl (C=O) groups is 1. The maximum absolute atomic E-state index is 12.9. The molecule has 1 fully saturated rings. The lowest BCUT2D eigenvalue weighted by atomic mass is 9.95. The predicted octanol–water partition coefficient (Wildman–Crippen LogP) is 5.01. The molecule has 29 heavy (non-hydrogen) atoms. The van der Waals surface area contributed by atoms with Gasteiger partial charge in [-0.1, -0.05) is 43.2 Å². The second-order valence-electron chi connectivity index (χ2n) is 7.68. The van der Waals surface area contributed by atoms with E-state index in [-0.39, 0.29) is 11.9 Å². The van der Waals surface area contributed by atoms with Crippen LogP contribution in [-0.4, -0.2) is 43.4 Å². The fourth-order valence-electron chi connectivity index (χ4n) is 3.89. The first kappa shape index (κ1) is 20.3. The van der Waals surface area contributed by atoms with E-state index < -0.39 is 0 Å². The summed E-state index contributed by atoms with van der Waals surface area (Å²) in [5.74, 6) is 1.39. The van der Waals surface area contributed by atoms with Gasteiger partial charge in [0.05, 0.1) is 22.0 Å². The summed E-state index contributed by atoms with van der Waals surface area (Å²) in [6.45, 7) is 4.05. The Balaban J connectivity index is 1.41. The van der Waals surface area contributed by atoms with Gasteiger partial charge in [0.1, 0.15) is 10.8 Å². The van der Waals surface area contributed by atoms with Crippen molar-refractivity contribution >= 4 is 39.2 Å². The highest BCUT2D eigenvalue weighted by Gasteiger charge is 2.24. The van der Waals surface area contributed by atoms with E-state index >= 15 is 0 Å². The lowest BCUT2D eigenvalue weighted by Gasteiger charge is -2.25. The van der Waals surface area contributed by atoms with Crippen molar-refractivity contribution in [1.29, 1.82) is 0 Å². The van der Waals surface area contributed by atoms with Gasteiger partial charge >= 0.3 is 0 Å². The first-order valence-corrected chi connectivity index (χ1v) is 12.0. The van der Waals surface area contributed by atoms with Crippen molar-refractivity contribution < 1.29 is 4.79 Å². The van der Waals surface area contributed by atoms with E-state index in [2.05, 4.69) is 20.8 Å². The number of aromatic nitrogens is 4. The zero-order chi connectivity index (χ0) is 20.4. The molecule has 0 bridgehead atoms. The molecule has 2 heterocycles. The molecule has 1 saturated carbocycles. The average molecular weight is 430 g/mol. The summed E-state index contributed by atoms with van der Waals surface area (Å²) in [6, 6.07) is 8.51. The first-order valence-electron chi connectivity index (χ1n) is 10.2. The lowest BCUT2D eigenvalue weighted by Crippen LogP contribution is -2.31. The number of hydrogen-bond acceptors (Lipinski definition) is 6. The molecule has 0 unspecified atom stereocenters. The van der Waals surface area contributed by atoms with E-state index in [0.29, 0.717) is 11.8 Å². The highest BCUT2D eigenvalue weighted by molar-refractivity contribution is 7.99. The summed E-state index contributed by atoms with van der Waals surface area (Å²) in [7, 11) is 1.86. The van der Waals surface area contributed by atoms with Gasteiger partial charge in [-0.3, -0.25) is 4.79 Å². The van der Waals surface area contributed by atoms with Crippen LogP contribution < -0.4 is 0 Å². The number of aryl methyl sites for hydroxylation is 1. The molecule has 3 aromatic rings. The second-order valence-corrected chi connectivity index (χ2v) is 9.69. The molecule has 2 aromatic heterocycles.